The molecule has 3 heterocycles. The second-order valence-electron chi connectivity index (χ2n) is 9.35. The molecule has 4 amide bonds. The Balaban J connectivity index is 1.72. The lowest BCUT2D eigenvalue weighted by Crippen LogP contribution is -2.47. The SMILES string of the molecule is COc1cc2ccc1OCC(=O)N[C@@H](C)C(=O)N(C)CCCCN(C(=O)[C@@H]1CCCO1)CCCNC2=O. The minimum Gasteiger partial charge on any atom is -0.493 e. The zero-order chi connectivity index (χ0) is 26.8. The van der Waals surface area contributed by atoms with Gasteiger partial charge >= 0.3 is 0 Å². The number of rotatable bonds is 2. The molecule has 0 saturated carbocycles. The number of methoxy groups -OCH3 is 1. The van der Waals surface area contributed by atoms with Gasteiger partial charge in [0.05, 0.1) is 7.11 Å². The van der Waals surface area contributed by atoms with Gasteiger partial charge in [-0.3, -0.25) is 19.2 Å². The summed E-state index contributed by atoms with van der Waals surface area (Å²) in [6, 6.07) is 3.97. The Kier molecular flexibility index (Phi) is 10.6. The van der Waals surface area contributed by atoms with E-state index in [2.05, 4.69) is 10.6 Å². The van der Waals surface area contributed by atoms with Gasteiger partial charge in [0.25, 0.3) is 17.7 Å². The number of benzene rings is 1. The van der Waals surface area contributed by atoms with Crippen molar-refractivity contribution in [1.29, 1.82) is 0 Å². The third-order valence-electron chi connectivity index (χ3n) is 6.49. The molecule has 37 heavy (non-hydrogen) atoms. The van der Waals surface area contributed by atoms with Crippen LogP contribution in [0.15, 0.2) is 18.2 Å². The van der Waals surface area contributed by atoms with Crippen LogP contribution in [0.25, 0.3) is 0 Å². The molecule has 0 unspecified atom stereocenters. The van der Waals surface area contributed by atoms with E-state index >= 15 is 0 Å². The summed E-state index contributed by atoms with van der Waals surface area (Å²) in [6.45, 7) is 3.83. The van der Waals surface area contributed by atoms with Crippen LogP contribution in [0.1, 0.15) is 49.4 Å². The quantitative estimate of drug-likeness (QED) is 0.559. The lowest BCUT2D eigenvalue weighted by Gasteiger charge is -2.26. The number of fused-ring (bicyclic) bond motifs is 18. The topological polar surface area (TPSA) is 127 Å². The average molecular weight is 519 g/mol. The van der Waals surface area contributed by atoms with Crippen molar-refractivity contribution in [1.82, 2.24) is 20.4 Å². The Hall–Kier alpha value is -3.34. The minimum absolute atomic E-state index is 0.0247. The molecule has 204 valence electrons. The first kappa shape index (κ1) is 28.2. The zero-order valence-corrected chi connectivity index (χ0v) is 21.9. The third-order valence-corrected chi connectivity index (χ3v) is 6.49. The number of hydrogen-bond acceptors (Lipinski definition) is 7. The van der Waals surface area contributed by atoms with Gasteiger partial charge in [0.2, 0.25) is 5.91 Å². The smallest absolute Gasteiger partial charge is 0.258 e. The van der Waals surface area contributed by atoms with Crippen LogP contribution in [0, 0.1) is 0 Å². The molecule has 2 atom stereocenters. The van der Waals surface area contributed by atoms with Gasteiger partial charge < -0.3 is 34.6 Å². The van der Waals surface area contributed by atoms with Gasteiger partial charge in [-0.2, -0.15) is 0 Å². The second kappa shape index (κ2) is 13.8. The summed E-state index contributed by atoms with van der Waals surface area (Å²) in [7, 11) is 3.14. The molecular formula is C26H38N4O7. The molecule has 0 radical (unpaired) electrons. The average Bonchev–Trinajstić information content (AvgIpc) is 3.44. The molecule has 3 aliphatic heterocycles. The van der Waals surface area contributed by atoms with Crippen molar-refractivity contribution in [3.8, 4) is 11.5 Å². The highest BCUT2D eigenvalue weighted by Gasteiger charge is 2.28. The molecule has 0 aromatic heterocycles. The maximum atomic E-state index is 13.0. The molecule has 3 aliphatic rings. The Morgan fingerprint density at radius 3 is 2.57 bits per heavy atom. The zero-order valence-electron chi connectivity index (χ0n) is 21.9. The van der Waals surface area contributed by atoms with E-state index in [1.54, 1.807) is 42.0 Å². The Morgan fingerprint density at radius 2 is 1.84 bits per heavy atom. The summed E-state index contributed by atoms with van der Waals surface area (Å²) >= 11 is 0. The molecule has 11 heteroatoms. The summed E-state index contributed by atoms with van der Waals surface area (Å²) in [5, 5.41) is 5.53. The summed E-state index contributed by atoms with van der Waals surface area (Å²) in [6.07, 6.45) is 3.18. The van der Waals surface area contributed by atoms with Crippen molar-refractivity contribution >= 4 is 23.6 Å². The van der Waals surface area contributed by atoms with E-state index in [1.165, 1.54) is 7.11 Å². The molecule has 11 nitrogen and oxygen atoms in total. The van der Waals surface area contributed by atoms with E-state index in [4.69, 9.17) is 14.2 Å². The molecule has 1 saturated heterocycles. The molecule has 2 N–H and O–H groups in total. The molecule has 0 aliphatic carbocycles. The van der Waals surface area contributed by atoms with Crippen molar-refractivity contribution < 1.29 is 33.4 Å². The fraction of sp³-hybridized carbons (Fsp3) is 0.615. The van der Waals surface area contributed by atoms with Crippen molar-refractivity contribution in [2.24, 2.45) is 0 Å². The van der Waals surface area contributed by atoms with E-state index in [0.717, 1.165) is 6.42 Å². The van der Waals surface area contributed by atoms with E-state index in [0.29, 0.717) is 75.5 Å². The van der Waals surface area contributed by atoms with Crippen LogP contribution in [0.4, 0.5) is 0 Å². The molecule has 4 rings (SSSR count). The molecule has 2 bridgehead atoms. The minimum atomic E-state index is -0.722. The summed E-state index contributed by atoms with van der Waals surface area (Å²) < 4.78 is 16.5. The van der Waals surface area contributed by atoms with Crippen molar-refractivity contribution in [3.63, 3.8) is 0 Å². The number of ether oxygens (including phenoxy) is 3. The fourth-order valence-electron chi connectivity index (χ4n) is 4.39. The van der Waals surface area contributed by atoms with Crippen LogP contribution in [0.5, 0.6) is 11.5 Å². The predicted octanol–water partition coefficient (Wildman–Crippen LogP) is 0.958. The summed E-state index contributed by atoms with van der Waals surface area (Å²) in [5.41, 5.74) is 0.383. The lowest BCUT2D eigenvalue weighted by molar-refractivity contribution is -0.141. The first-order valence-electron chi connectivity index (χ1n) is 12.8. The Labute approximate surface area is 217 Å². The number of likely N-dealkylation sites (N-methyl/N-ethyl adjacent to an activating group) is 1. The summed E-state index contributed by atoms with van der Waals surface area (Å²) in [4.78, 5) is 54.1. The van der Waals surface area contributed by atoms with Crippen LogP contribution >= 0.6 is 0 Å². The van der Waals surface area contributed by atoms with Gasteiger partial charge in [-0.1, -0.05) is 0 Å². The van der Waals surface area contributed by atoms with Gasteiger partial charge in [0.1, 0.15) is 12.1 Å². The van der Waals surface area contributed by atoms with Crippen LogP contribution in [0.3, 0.4) is 0 Å². The largest absolute Gasteiger partial charge is 0.493 e. The van der Waals surface area contributed by atoms with E-state index in [-0.39, 0.29) is 24.3 Å². The van der Waals surface area contributed by atoms with Crippen molar-refractivity contribution in [2.75, 3.05) is 53.6 Å². The van der Waals surface area contributed by atoms with E-state index in [9.17, 15) is 19.2 Å². The third kappa shape index (κ3) is 8.08. The van der Waals surface area contributed by atoms with E-state index < -0.39 is 18.1 Å². The molecule has 1 fully saturated rings. The van der Waals surface area contributed by atoms with Crippen LogP contribution in [0.2, 0.25) is 0 Å². The maximum absolute atomic E-state index is 13.0. The summed E-state index contributed by atoms with van der Waals surface area (Å²) in [5.74, 6) is -0.350. The van der Waals surface area contributed by atoms with E-state index in [1.807, 2.05) is 0 Å². The first-order chi connectivity index (χ1) is 17.8. The van der Waals surface area contributed by atoms with Crippen LogP contribution < -0.4 is 20.1 Å². The highest BCUT2D eigenvalue weighted by Crippen LogP contribution is 2.28. The van der Waals surface area contributed by atoms with Crippen LogP contribution in [-0.2, 0) is 19.1 Å². The fourth-order valence-corrected chi connectivity index (χ4v) is 4.39. The molecule has 0 spiro atoms. The van der Waals surface area contributed by atoms with Gasteiger partial charge in [0.15, 0.2) is 18.1 Å². The predicted molar refractivity (Wildman–Crippen MR) is 135 cm³/mol. The van der Waals surface area contributed by atoms with Crippen molar-refractivity contribution in [2.45, 2.75) is 51.2 Å². The number of amides is 4. The number of nitrogens with one attached hydrogen (secondary N) is 2. The number of nitrogens with zero attached hydrogens (tertiary/aromatic N) is 2. The Morgan fingerprint density at radius 1 is 1.08 bits per heavy atom. The van der Waals surface area contributed by atoms with Gasteiger partial charge in [0, 0.05) is 45.4 Å². The number of carbonyl (C=O) groups is 4. The van der Waals surface area contributed by atoms with Gasteiger partial charge in [-0.15, -0.1) is 0 Å². The van der Waals surface area contributed by atoms with Crippen LogP contribution in [-0.4, -0.2) is 99.1 Å². The number of hydrogen-bond donors (Lipinski definition) is 2. The standard InChI is InChI=1S/C26H38N4O7/c1-18-25(33)29(2)12-4-5-13-30(26(34)21-8-6-15-36-21)14-7-11-27-24(32)19-9-10-20(22(16-19)35-3)37-17-23(31)28-18/h9-10,16,18,21H,4-8,11-15,17H2,1-3H3,(H,27,32)(H,28,31)/t18-,21-/m0/s1. The lowest BCUT2D eigenvalue weighted by atomic mass is 10.1. The van der Waals surface area contributed by atoms with Gasteiger partial charge in [-0.25, -0.2) is 0 Å². The number of carbonyl (C=O) groups excluding carboxylic acids is 4. The maximum Gasteiger partial charge on any atom is 0.258 e. The Bertz CT molecular complexity index is 964. The normalized spacial score (nSPS) is 23.1. The molecule has 1 aromatic rings. The van der Waals surface area contributed by atoms with Gasteiger partial charge in [-0.05, 0) is 57.2 Å². The molecular weight excluding hydrogens is 480 g/mol. The second-order valence-corrected chi connectivity index (χ2v) is 9.35. The highest BCUT2D eigenvalue weighted by atomic mass is 16.5. The highest BCUT2D eigenvalue weighted by molar-refractivity contribution is 5.95. The van der Waals surface area contributed by atoms with Crippen molar-refractivity contribution in [3.05, 3.63) is 23.8 Å². The monoisotopic (exact) mass is 518 g/mol. The first-order valence-corrected chi connectivity index (χ1v) is 12.8. The molecule has 1 aromatic carbocycles.